The summed E-state index contributed by atoms with van der Waals surface area (Å²) in [5.41, 5.74) is 5.70. The summed E-state index contributed by atoms with van der Waals surface area (Å²) in [6.07, 6.45) is 1.59. The number of thioether (sulfide) groups is 1. The summed E-state index contributed by atoms with van der Waals surface area (Å²) in [7, 11) is 0. The second-order valence-electron chi connectivity index (χ2n) is 5.07. The van der Waals surface area contributed by atoms with Gasteiger partial charge in [0.15, 0.2) is 5.16 Å². The van der Waals surface area contributed by atoms with Gasteiger partial charge in [0.05, 0.1) is 12.3 Å². The number of aromatic nitrogens is 6. The van der Waals surface area contributed by atoms with Gasteiger partial charge < -0.3 is 10.3 Å². The third kappa shape index (κ3) is 3.01. The van der Waals surface area contributed by atoms with Crippen LogP contribution in [0.15, 0.2) is 11.5 Å². The Kier molecular flexibility index (Phi) is 4.77. The summed E-state index contributed by atoms with van der Waals surface area (Å²) in [5.74, 6) is 2.47. The number of hydrogen-bond donors (Lipinski definition) is 1. The quantitative estimate of drug-likeness (QED) is 0.817. The lowest BCUT2D eigenvalue weighted by Gasteiger charge is -2.13. The van der Waals surface area contributed by atoms with Gasteiger partial charge in [-0.05, 0) is 27.7 Å². The summed E-state index contributed by atoms with van der Waals surface area (Å²) in [6, 6.07) is 0.588. The topological polar surface area (TPSA) is 87.4 Å². The zero-order valence-corrected chi connectivity index (χ0v) is 13.1. The molecule has 0 aromatic carbocycles. The highest BCUT2D eigenvalue weighted by molar-refractivity contribution is 7.98. The van der Waals surface area contributed by atoms with Crippen LogP contribution in [0.1, 0.15) is 51.4 Å². The fourth-order valence-corrected chi connectivity index (χ4v) is 3.02. The molecule has 0 unspecified atom stereocenters. The van der Waals surface area contributed by atoms with Crippen LogP contribution < -0.4 is 5.73 Å². The molecule has 0 radical (unpaired) electrons. The highest BCUT2D eigenvalue weighted by Gasteiger charge is 2.16. The van der Waals surface area contributed by atoms with Gasteiger partial charge in [-0.3, -0.25) is 0 Å². The molecular formula is C12H21N7S. The maximum Gasteiger partial charge on any atom is 0.191 e. The predicted molar refractivity (Wildman–Crippen MR) is 78.3 cm³/mol. The van der Waals surface area contributed by atoms with Crippen molar-refractivity contribution in [2.24, 2.45) is 5.73 Å². The molecule has 0 saturated carbocycles. The van der Waals surface area contributed by atoms with Gasteiger partial charge in [0.1, 0.15) is 18.0 Å². The molecule has 2 rings (SSSR count). The first-order chi connectivity index (χ1) is 9.54. The van der Waals surface area contributed by atoms with Gasteiger partial charge in [-0.1, -0.05) is 11.8 Å². The van der Waals surface area contributed by atoms with E-state index in [-0.39, 0.29) is 6.04 Å². The number of hydrogen-bond acceptors (Lipinski definition) is 6. The summed E-state index contributed by atoms with van der Waals surface area (Å²) in [4.78, 5) is 4.30. The molecule has 0 fully saturated rings. The molecule has 20 heavy (non-hydrogen) atoms. The number of rotatable bonds is 6. The van der Waals surface area contributed by atoms with E-state index >= 15 is 0 Å². The Morgan fingerprint density at radius 2 is 1.90 bits per heavy atom. The van der Waals surface area contributed by atoms with E-state index in [1.165, 1.54) is 0 Å². The van der Waals surface area contributed by atoms with E-state index in [0.29, 0.717) is 18.3 Å². The van der Waals surface area contributed by atoms with Crippen molar-refractivity contribution in [3.05, 3.63) is 18.0 Å². The van der Waals surface area contributed by atoms with E-state index in [2.05, 4.69) is 52.5 Å². The zero-order chi connectivity index (χ0) is 14.7. The fourth-order valence-electron chi connectivity index (χ4n) is 2.00. The monoisotopic (exact) mass is 295 g/mol. The molecule has 2 aromatic heterocycles. The molecule has 0 saturated heterocycles. The zero-order valence-electron chi connectivity index (χ0n) is 12.3. The maximum atomic E-state index is 5.70. The molecule has 0 aliphatic carbocycles. The standard InChI is InChI=1S/C12H21N7S/c1-8(2)18-10(5-13)16-17-12(18)20-6-11-14-7-15-19(11)9(3)4/h7-9H,5-6,13H2,1-4H3. The Labute approximate surface area is 123 Å². The molecule has 110 valence electrons. The smallest absolute Gasteiger partial charge is 0.191 e. The molecule has 2 N–H and O–H groups in total. The van der Waals surface area contributed by atoms with Crippen molar-refractivity contribution in [1.82, 2.24) is 29.5 Å². The third-order valence-corrected chi connectivity index (χ3v) is 3.84. The Morgan fingerprint density at radius 3 is 2.50 bits per heavy atom. The average molecular weight is 295 g/mol. The van der Waals surface area contributed by atoms with E-state index in [1.54, 1.807) is 18.1 Å². The minimum absolute atomic E-state index is 0.286. The summed E-state index contributed by atoms with van der Waals surface area (Å²) in [5, 5.41) is 13.5. The maximum absolute atomic E-state index is 5.70. The van der Waals surface area contributed by atoms with Crippen molar-refractivity contribution >= 4 is 11.8 Å². The second kappa shape index (κ2) is 6.36. The van der Waals surface area contributed by atoms with Crippen LogP contribution in [0.5, 0.6) is 0 Å². The molecule has 0 atom stereocenters. The van der Waals surface area contributed by atoms with E-state index < -0.39 is 0 Å². The third-order valence-electron chi connectivity index (χ3n) is 2.90. The first-order valence-corrected chi connectivity index (χ1v) is 7.68. The van der Waals surface area contributed by atoms with Gasteiger partial charge in [-0.15, -0.1) is 10.2 Å². The highest BCUT2D eigenvalue weighted by Crippen LogP contribution is 2.24. The Morgan fingerprint density at radius 1 is 1.15 bits per heavy atom. The summed E-state index contributed by atoms with van der Waals surface area (Å²) in [6.45, 7) is 8.78. The summed E-state index contributed by atoms with van der Waals surface area (Å²) < 4.78 is 3.99. The van der Waals surface area contributed by atoms with Crippen molar-refractivity contribution in [3.63, 3.8) is 0 Å². The van der Waals surface area contributed by atoms with Crippen molar-refractivity contribution in [2.45, 2.75) is 57.2 Å². The van der Waals surface area contributed by atoms with Crippen LogP contribution in [0.25, 0.3) is 0 Å². The van der Waals surface area contributed by atoms with Gasteiger partial charge in [0.2, 0.25) is 0 Å². The summed E-state index contributed by atoms with van der Waals surface area (Å²) >= 11 is 1.61. The first kappa shape index (κ1) is 15.0. The lowest BCUT2D eigenvalue weighted by Crippen LogP contribution is -2.12. The van der Waals surface area contributed by atoms with Crippen molar-refractivity contribution in [3.8, 4) is 0 Å². The van der Waals surface area contributed by atoms with Crippen molar-refractivity contribution in [2.75, 3.05) is 0 Å². The molecular weight excluding hydrogens is 274 g/mol. The number of nitrogens with two attached hydrogens (primary N) is 1. The first-order valence-electron chi connectivity index (χ1n) is 6.69. The van der Waals surface area contributed by atoms with Crippen LogP contribution in [0, 0.1) is 0 Å². The lowest BCUT2D eigenvalue weighted by molar-refractivity contribution is 0.513. The molecule has 2 aromatic rings. The largest absolute Gasteiger partial charge is 0.324 e. The lowest BCUT2D eigenvalue weighted by atomic mass is 10.4. The molecule has 0 aliphatic heterocycles. The Hall–Kier alpha value is -1.41. The fraction of sp³-hybridized carbons (Fsp3) is 0.667. The molecule has 0 aliphatic rings. The Bertz CT molecular complexity index is 558. The average Bonchev–Trinajstić information content (AvgIpc) is 3.02. The van der Waals surface area contributed by atoms with Crippen molar-refractivity contribution in [1.29, 1.82) is 0 Å². The normalized spacial score (nSPS) is 11.8. The molecule has 0 spiro atoms. The van der Waals surface area contributed by atoms with Crippen LogP contribution in [0.3, 0.4) is 0 Å². The molecule has 0 bridgehead atoms. The predicted octanol–water partition coefficient (Wildman–Crippen LogP) is 1.78. The van der Waals surface area contributed by atoms with E-state index in [0.717, 1.165) is 16.8 Å². The second-order valence-corrected chi connectivity index (χ2v) is 6.01. The van der Waals surface area contributed by atoms with E-state index in [1.807, 2.05) is 4.68 Å². The van der Waals surface area contributed by atoms with E-state index in [4.69, 9.17) is 5.73 Å². The minimum atomic E-state index is 0.286. The van der Waals surface area contributed by atoms with Crippen LogP contribution in [0.2, 0.25) is 0 Å². The van der Waals surface area contributed by atoms with Crippen LogP contribution in [-0.2, 0) is 12.3 Å². The molecule has 8 heteroatoms. The Balaban J connectivity index is 2.15. The van der Waals surface area contributed by atoms with E-state index in [9.17, 15) is 0 Å². The van der Waals surface area contributed by atoms with Crippen LogP contribution in [-0.4, -0.2) is 29.5 Å². The van der Waals surface area contributed by atoms with Gasteiger partial charge in [-0.25, -0.2) is 9.67 Å². The highest BCUT2D eigenvalue weighted by atomic mass is 32.2. The van der Waals surface area contributed by atoms with Crippen molar-refractivity contribution < 1.29 is 0 Å². The van der Waals surface area contributed by atoms with Gasteiger partial charge in [0.25, 0.3) is 0 Å². The van der Waals surface area contributed by atoms with Crippen LogP contribution in [0.4, 0.5) is 0 Å². The number of nitrogens with zero attached hydrogens (tertiary/aromatic N) is 6. The molecule has 0 amide bonds. The van der Waals surface area contributed by atoms with Crippen LogP contribution >= 0.6 is 11.8 Å². The van der Waals surface area contributed by atoms with Gasteiger partial charge >= 0.3 is 0 Å². The molecule has 2 heterocycles. The van der Waals surface area contributed by atoms with Gasteiger partial charge in [-0.2, -0.15) is 5.10 Å². The molecule has 7 nitrogen and oxygen atoms in total. The van der Waals surface area contributed by atoms with Gasteiger partial charge in [0, 0.05) is 12.1 Å². The minimum Gasteiger partial charge on any atom is -0.324 e. The SMILES string of the molecule is CC(C)n1ncnc1CSc1nnc(CN)n1C(C)C.